The molecule has 3 nitrogen and oxygen atoms in total. The number of nitrogens with zero attached hydrogens (tertiary/aromatic N) is 1. The number of carbonyl (C=O) groups excluding carboxylic acids is 1. The molecule has 0 atom stereocenters. The minimum absolute atomic E-state index is 0.152. The summed E-state index contributed by atoms with van der Waals surface area (Å²) in [6, 6.07) is 20.1. The molecule has 0 heterocycles. The van der Waals surface area contributed by atoms with E-state index in [9.17, 15) is 4.79 Å². The Labute approximate surface area is 132 Å². The molecule has 0 aliphatic rings. The molecule has 0 saturated heterocycles. The Morgan fingerprint density at radius 2 is 1.64 bits per heavy atom. The zero-order valence-corrected chi connectivity index (χ0v) is 13.1. The van der Waals surface area contributed by atoms with E-state index in [4.69, 9.17) is 4.74 Å². The first kappa shape index (κ1) is 16.2. The lowest BCUT2D eigenvalue weighted by molar-refractivity contribution is -0.118. The molecule has 0 bridgehead atoms. The zero-order chi connectivity index (χ0) is 15.6. The highest BCUT2D eigenvalue weighted by Crippen LogP contribution is 2.16. The maximum Gasteiger partial charge on any atom is 0.227 e. The van der Waals surface area contributed by atoms with Gasteiger partial charge in [-0.3, -0.25) is 4.79 Å². The SMILES string of the molecule is COCCCC(=O)N(CCc1ccccc1)c1ccccc1. The van der Waals surface area contributed by atoms with E-state index in [1.807, 2.05) is 53.4 Å². The molecule has 0 N–H and O–H groups in total. The van der Waals surface area contributed by atoms with Crippen molar-refractivity contribution < 1.29 is 9.53 Å². The molecule has 2 aromatic rings. The predicted octanol–water partition coefficient (Wildman–Crippen LogP) is 3.69. The number of methoxy groups -OCH3 is 1. The van der Waals surface area contributed by atoms with Crippen LogP contribution in [0.25, 0.3) is 0 Å². The maximum absolute atomic E-state index is 12.5. The highest BCUT2D eigenvalue weighted by molar-refractivity contribution is 5.93. The van der Waals surface area contributed by atoms with Crippen LogP contribution in [0.2, 0.25) is 0 Å². The van der Waals surface area contributed by atoms with Gasteiger partial charge in [0.25, 0.3) is 0 Å². The highest BCUT2D eigenvalue weighted by atomic mass is 16.5. The van der Waals surface area contributed by atoms with Crippen molar-refractivity contribution in [2.45, 2.75) is 19.3 Å². The van der Waals surface area contributed by atoms with E-state index in [1.165, 1.54) is 5.56 Å². The molecule has 0 saturated carbocycles. The van der Waals surface area contributed by atoms with Gasteiger partial charge in [0.15, 0.2) is 0 Å². The third-order valence-corrected chi connectivity index (χ3v) is 3.57. The largest absolute Gasteiger partial charge is 0.385 e. The molecule has 0 spiro atoms. The second-order valence-electron chi connectivity index (χ2n) is 5.21. The third-order valence-electron chi connectivity index (χ3n) is 3.57. The van der Waals surface area contributed by atoms with Crippen LogP contribution in [0.3, 0.4) is 0 Å². The molecule has 0 radical (unpaired) electrons. The number of anilines is 1. The fraction of sp³-hybridized carbons (Fsp3) is 0.316. The molecule has 1 amide bonds. The van der Waals surface area contributed by atoms with E-state index >= 15 is 0 Å². The number of carbonyl (C=O) groups is 1. The van der Waals surface area contributed by atoms with Crippen LogP contribution in [0.5, 0.6) is 0 Å². The number of benzene rings is 2. The van der Waals surface area contributed by atoms with Crippen molar-refractivity contribution in [3.8, 4) is 0 Å². The van der Waals surface area contributed by atoms with Crippen molar-refractivity contribution in [3.05, 3.63) is 66.2 Å². The normalized spacial score (nSPS) is 10.4. The Balaban J connectivity index is 2.03. The van der Waals surface area contributed by atoms with Gasteiger partial charge in [-0.15, -0.1) is 0 Å². The number of rotatable bonds is 8. The first-order valence-corrected chi connectivity index (χ1v) is 7.69. The summed E-state index contributed by atoms with van der Waals surface area (Å²) in [7, 11) is 1.66. The lowest BCUT2D eigenvalue weighted by Crippen LogP contribution is -2.32. The summed E-state index contributed by atoms with van der Waals surface area (Å²) in [5, 5.41) is 0. The van der Waals surface area contributed by atoms with Crippen LogP contribution in [0, 0.1) is 0 Å². The maximum atomic E-state index is 12.5. The number of hydrogen-bond donors (Lipinski definition) is 0. The van der Waals surface area contributed by atoms with Gasteiger partial charge in [0, 0.05) is 32.4 Å². The first-order valence-electron chi connectivity index (χ1n) is 7.69. The number of ether oxygens (including phenoxy) is 1. The van der Waals surface area contributed by atoms with Crippen molar-refractivity contribution in [1.82, 2.24) is 0 Å². The minimum atomic E-state index is 0.152. The van der Waals surface area contributed by atoms with E-state index in [1.54, 1.807) is 7.11 Å². The van der Waals surface area contributed by atoms with Crippen molar-refractivity contribution in [2.24, 2.45) is 0 Å². The summed E-state index contributed by atoms with van der Waals surface area (Å²) in [4.78, 5) is 14.4. The topological polar surface area (TPSA) is 29.5 Å². The minimum Gasteiger partial charge on any atom is -0.385 e. The van der Waals surface area contributed by atoms with E-state index < -0.39 is 0 Å². The van der Waals surface area contributed by atoms with Gasteiger partial charge in [-0.2, -0.15) is 0 Å². The van der Waals surface area contributed by atoms with Gasteiger partial charge >= 0.3 is 0 Å². The number of para-hydroxylation sites is 1. The smallest absolute Gasteiger partial charge is 0.227 e. The third kappa shape index (κ3) is 5.01. The quantitative estimate of drug-likeness (QED) is 0.695. The fourth-order valence-electron chi connectivity index (χ4n) is 2.39. The summed E-state index contributed by atoms with van der Waals surface area (Å²) in [6.45, 7) is 1.31. The van der Waals surface area contributed by atoms with Gasteiger partial charge in [-0.05, 0) is 30.5 Å². The number of amides is 1. The molecule has 3 heteroatoms. The summed E-state index contributed by atoms with van der Waals surface area (Å²) < 4.78 is 5.04. The summed E-state index contributed by atoms with van der Waals surface area (Å²) in [5.74, 6) is 0.152. The predicted molar refractivity (Wildman–Crippen MR) is 90.1 cm³/mol. The average molecular weight is 297 g/mol. The van der Waals surface area contributed by atoms with Crippen molar-refractivity contribution in [3.63, 3.8) is 0 Å². The molecule has 2 aromatic carbocycles. The van der Waals surface area contributed by atoms with Crippen LogP contribution in [0.4, 0.5) is 5.69 Å². The van der Waals surface area contributed by atoms with E-state index in [0.29, 0.717) is 19.6 Å². The first-order chi connectivity index (χ1) is 10.8. The Morgan fingerprint density at radius 3 is 2.27 bits per heavy atom. The van der Waals surface area contributed by atoms with Crippen LogP contribution in [0.1, 0.15) is 18.4 Å². The molecular weight excluding hydrogens is 274 g/mol. The van der Waals surface area contributed by atoms with Crippen molar-refractivity contribution in [1.29, 1.82) is 0 Å². The van der Waals surface area contributed by atoms with Gasteiger partial charge in [-0.1, -0.05) is 48.5 Å². The van der Waals surface area contributed by atoms with Gasteiger partial charge < -0.3 is 9.64 Å². The van der Waals surface area contributed by atoms with Crippen LogP contribution in [0.15, 0.2) is 60.7 Å². The second-order valence-corrected chi connectivity index (χ2v) is 5.21. The van der Waals surface area contributed by atoms with Gasteiger partial charge in [0.05, 0.1) is 0 Å². The number of hydrogen-bond acceptors (Lipinski definition) is 2. The van der Waals surface area contributed by atoms with Gasteiger partial charge in [-0.25, -0.2) is 0 Å². The van der Waals surface area contributed by atoms with Crippen molar-refractivity contribution in [2.75, 3.05) is 25.2 Å². The highest BCUT2D eigenvalue weighted by Gasteiger charge is 2.15. The monoisotopic (exact) mass is 297 g/mol. The van der Waals surface area contributed by atoms with Crippen molar-refractivity contribution >= 4 is 11.6 Å². The molecule has 116 valence electrons. The molecule has 0 aliphatic carbocycles. The standard InChI is InChI=1S/C19H23NO2/c1-22-16-8-13-19(21)20(18-11-6-3-7-12-18)15-14-17-9-4-2-5-10-17/h2-7,9-12H,8,13-16H2,1H3. The molecule has 0 aliphatic heterocycles. The molecule has 0 fully saturated rings. The summed E-state index contributed by atoms with van der Waals surface area (Å²) >= 11 is 0. The van der Waals surface area contributed by atoms with E-state index in [-0.39, 0.29) is 5.91 Å². The Morgan fingerprint density at radius 1 is 1.00 bits per heavy atom. The Kier molecular flexibility index (Phi) is 6.65. The molecule has 0 aromatic heterocycles. The molecule has 2 rings (SSSR count). The van der Waals surface area contributed by atoms with E-state index in [0.717, 1.165) is 18.5 Å². The van der Waals surface area contributed by atoms with Gasteiger partial charge in [0.2, 0.25) is 5.91 Å². The van der Waals surface area contributed by atoms with Crippen LogP contribution >= 0.6 is 0 Å². The van der Waals surface area contributed by atoms with E-state index in [2.05, 4.69) is 12.1 Å². The fourth-order valence-corrected chi connectivity index (χ4v) is 2.39. The molecular formula is C19H23NO2. The molecule has 22 heavy (non-hydrogen) atoms. The van der Waals surface area contributed by atoms with Gasteiger partial charge in [0.1, 0.15) is 0 Å². The van der Waals surface area contributed by atoms with Crippen LogP contribution < -0.4 is 4.90 Å². The summed E-state index contributed by atoms with van der Waals surface area (Å²) in [6.07, 6.45) is 2.12. The molecule has 0 unspecified atom stereocenters. The average Bonchev–Trinajstić information content (AvgIpc) is 2.57. The lowest BCUT2D eigenvalue weighted by Gasteiger charge is -2.23. The zero-order valence-electron chi connectivity index (χ0n) is 13.1. The van der Waals surface area contributed by atoms with Crippen LogP contribution in [-0.2, 0) is 16.0 Å². The second kappa shape index (κ2) is 9.00. The lowest BCUT2D eigenvalue weighted by atomic mass is 10.1. The van der Waals surface area contributed by atoms with Crippen LogP contribution in [-0.4, -0.2) is 26.2 Å². The summed E-state index contributed by atoms with van der Waals surface area (Å²) in [5.41, 5.74) is 2.20. The Bertz CT molecular complexity index is 554. The Hall–Kier alpha value is -2.13.